The van der Waals surface area contributed by atoms with Gasteiger partial charge in [-0.1, -0.05) is 5.21 Å². The van der Waals surface area contributed by atoms with Crippen LogP contribution in [0.2, 0.25) is 0 Å². The van der Waals surface area contributed by atoms with Gasteiger partial charge in [0.15, 0.2) is 5.69 Å². The van der Waals surface area contributed by atoms with Crippen molar-refractivity contribution in [3.8, 4) is 17.0 Å². The van der Waals surface area contributed by atoms with E-state index in [4.69, 9.17) is 4.74 Å². The number of nitrogens with one attached hydrogen (secondary N) is 1. The Labute approximate surface area is 134 Å². The molecule has 1 unspecified atom stereocenters. The van der Waals surface area contributed by atoms with Crippen LogP contribution < -0.4 is 10.1 Å². The van der Waals surface area contributed by atoms with Gasteiger partial charge >= 0.3 is 5.97 Å². The van der Waals surface area contributed by atoms with Crippen molar-refractivity contribution in [3.63, 3.8) is 0 Å². The lowest BCUT2D eigenvalue weighted by atomic mass is 10.1. The Hall–Kier alpha value is -2.47. The van der Waals surface area contributed by atoms with Crippen molar-refractivity contribution in [2.75, 3.05) is 19.8 Å². The number of nitrogens with zero attached hydrogens (tertiary/aromatic N) is 3. The molecule has 2 aromatic rings. The first-order valence-electron chi connectivity index (χ1n) is 6.87. The number of carboxylic acid groups (broad SMARTS) is 1. The fourth-order valence-corrected chi connectivity index (χ4v) is 2.54. The predicted octanol–water partition coefficient (Wildman–Crippen LogP) is 1.23. The zero-order valence-corrected chi connectivity index (χ0v) is 13.7. The summed E-state index contributed by atoms with van der Waals surface area (Å²) in [4.78, 5) is 22.0. The molecular weight excluding hydrogens is 319 g/mol. The van der Waals surface area contributed by atoms with Crippen molar-refractivity contribution in [3.05, 3.63) is 30.0 Å². The van der Waals surface area contributed by atoms with E-state index in [0.29, 0.717) is 30.2 Å². The first-order valence-corrected chi connectivity index (χ1v) is 8.32. The molecule has 122 valence electrons. The number of carbonyl (C=O) groups excluding carboxylic acids is 1. The lowest BCUT2D eigenvalue weighted by Gasteiger charge is -2.08. The maximum absolute atomic E-state index is 11.2. The maximum Gasteiger partial charge on any atom is 0.358 e. The Bertz CT molecular complexity index is 699. The van der Waals surface area contributed by atoms with Gasteiger partial charge in [0, 0.05) is 21.2 Å². The van der Waals surface area contributed by atoms with Gasteiger partial charge in [-0.3, -0.25) is 4.79 Å². The minimum atomic E-state index is -1.11. The number of aromatic carboxylic acids is 1. The quantitative estimate of drug-likeness (QED) is 0.582. The van der Waals surface area contributed by atoms with Crippen molar-refractivity contribution < 1.29 is 19.4 Å². The smallest absolute Gasteiger partial charge is 0.358 e. The van der Waals surface area contributed by atoms with Crippen molar-refractivity contribution >= 4 is 20.6 Å². The number of carbonyl (C=O) groups is 2. The molecule has 0 bridgehead atoms. The average Bonchev–Trinajstić information content (AvgIpc) is 2.96. The van der Waals surface area contributed by atoms with Crippen LogP contribution in [0.4, 0.5) is 0 Å². The highest BCUT2D eigenvalue weighted by Crippen LogP contribution is 2.28. The van der Waals surface area contributed by atoms with Crippen molar-refractivity contribution in [2.24, 2.45) is 0 Å². The van der Waals surface area contributed by atoms with Crippen LogP contribution in [0.3, 0.4) is 0 Å². The Morgan fingerprint density at radius 2 is 2.04 bits per heavy atom. The summed E-state index contributed by atoms with van der Waals surface area (Å²) >= 11 is 0. The standard InChI is InChI=1S/C14H17N4O4P/c1-9(19)15-7-8-22-11-5-3-10(4-6-11)13-12(14(20)21)16-17-18(13)23-2/h3-6,23H,7-8H2,1-2H3,(H,15,19)(H,20,21). The number of carboxylic acids is 1. The molecule has 2 N–H and O–H groups in total. The lowest BCUT2D eigenvalue weighted by molar-refractivity contribution is -0.119. The van der Waals surface area contributed by atoms with E-state index in [-0.39, 0.29) is 20.3 Å². The van der Waals surface area contributed by atoms with Gasteiger partial charge in [0.2, 0.25) is 5.91 Å². The Morgan fingerprint density at radius 3 is 2.61 bits per heavy atom. The van der Waals surface area contributed by atoms with E-state index >= 15 is 0 Å². The molecule has 1 aromatic carbocycles. The van der Waals surface area contributed by atoms with E-state index in [2.05, 4.69) is 15.6 Å². The fraction of sp³-hybridized carbons (Fsp3) is 0.286. The van der Waals surface area contributed by atoms with Gasteiger partial charge in [0.25, 0.3) is 0 Å². The van der Waals surface area contributed by atoms with Crippen LogP contribution in [0, 0.1) is 0 Å². The predicted molar refractivity (Wildman–Crippen MR) is 86.2 cm³/mol. The van der Waals surface area contributed by atoms with Crippen LogP contribution in [-0.2, 0) is 4.79 Å². The van der Waals surface area contributed by atoms with E-state index in [0.717, 1.165) is 0 Å². The molecule has 0 spiro atoms. The molecule has 0 fully saturated rings. The summed E-state index contributed by atoms with van der Waals surface area (Å²) in [5, 5.41) is 19.4. The minimum absolute atomic E-state index is 0.0707. The summed E-state index contributed by atoms with van der Waals surface area (Å²) in [5.74, 6) is -0.583. The highest BCUT2D eigenvalue weighted by molar-refractivity contribution is 7.35. The number of hydrogen-bond acceptors (Lipinski definition) is 5. The largest absolute Gasteiger partial charge is 0.492 e. The summed E-state index contributed by atoms with van der Waals surface area (Å²) in [6.07, 6.45) is 0. The van der Waals surface area contributed by atoms with Gasteiger partial charge in [0.1, 0.15) is 18.1 Å². The number of hydrogen-bond donors (Lipinski definition) is 2. The SMILES string of the molecule is CPn1nnc(C(=O)O)c1-c1ccc(OCCNC(C)=O)cc1. The van der Waals surface area contributed by atoms with Gasteiger partial charge in [0.05, 0.1) is 6.54 Å². The fourth-order valence-electron chi connectivity index (χ4n) is 1.95. The topological polar surface area (TPSA) is 106 Å². The second-order valence-electron chi connectivity index (χ2n) is 4.58. The lowest BCUT2D eigenvalue weighted by Crippen LogP contribution is -2.25. The van der Waals surface area contributed by atoms with Crippen molar-refractivity contribution in [1.29, 1.82) is 0 Å². The van der Waals surface area contributed by atoms with Crippen LogP contribution in [0.25, 0.3) is 11.3 Å². The zero-order valence-electron chi connectivity index (χ0n) is 12.7. The number of ether oxygens (including phenoxy) is 1. The summed E-state index contributed by atoms with van der Waals surface area (Å²) in [5.41, 5.74) is 1.11. The number of rotatable bonds is 7. The molecule has 0 radical (unpaired) electrons. The molecule has 2 rings (SSSR count). The first-order chi connectivity index (χ1) is 11.0. The van der Waals surface area contributed by atoms with Gasteiger partial charge in [-0.25, -0.2) is 9.25 Å². The van der Waals surface area contributed by atoms with Crippen LogP contribution in [-0.4, -0.2) is 51.6 Å². The highest BCUT2D eigenvalue weighted by Gasteiger charge is 2.19. The molecule has 0 aliphatic heterocycles. The summed E-state index contributed by atoms with van der Waals surface area (Å²) in [6, 6.07) is 7.00. The van der Waals surface area contributed by atoms with Crippen LogP contribution in [0.5, 0.6) is 5.75 Å². The van der Waals surface area contributed by atoms with E-state index in [9.17, 15) is 14.7 Å². The number of amides is 1. The Morgan fingerprint density at radius 1 is 1.35 bits per heavy atom. The summed E-state index contributed by atoms with van der Waals surface area (Å²) in [7, 11) is 0.271. The molecule has 0 saturated heterocycles. The molecule has 0 aliphatic carbocycles. The van der Waals surface area contributed by atoms with E-state index in [1.165, 1.54) is 6.92 Å². The van der Waals surface area contributed by atoms with Crippen LogP contribution >= 0.6 is 8.73 Å². The molecule has 0 aliphatic rings. The van der Waals surface area contributed by atoms with Crippen LogP contribution in [0.15, 0.2) is 24.3 Å². The Balaban J connectivity index is 2.12. The maximum atomic E-state index is 11.2. The van der Waals surface area contributed by atoms with Gasteiger partial charge in [-0.05, 0) is 30.9 Å². The highest BCUT2D eigenvalue weighted by atomic mass is 31.1. The average molecular weight is 336 g/mol. The molecule has 9 heteroatoms. The second-order valence-corrected chi connectivity index (χ2v) is 5.45. The van der Waals surface area contributed by atoms with E-state index in [1.54, 1.807) is 28.7 Å². The molecule has 23 heavy (non-hydrogen) atoms. The third kappa shape index (κ3) is 4.26. The third-order valence-corrected chi connectivity index (χ3v) is 3.69. The molecular formula is C14H17N4O4P. The molecule has 1 heterocycles. The van der Waals surface area contributed by atoms with Crippen molar-refractivity contribution in [2.45, 2.75) is 6.92 Å². The molecule has 1 amide bonds. The van der Waals surface area contributed by atoms with Gasteiger partial charge in [-0.15, -0.1) is 5.10 Å². The molecule has 1 atom stereocenters. The number of benzene rings is 1. The molecule has 8 nitrogen and oxygen atoms in total. The van der Waals surface area contributed by atoms with Gasteiger partial charge in [-0.2, -0.15) is 0 Å². The van der Waals surface area contributed by atoms with Crippen LogP contribution in [0.1, 0.15) is 17.4 Å². The second kappa shape index (κ2) is 7.69. The monoisotopic (exact) mass is 336 g/mol. The summed E-state index contributed by atoms with van der Waals surface area (Å²) in [6.45, 7) is 4.12. The zero-order chi connectivity index (χ0) is 16.8. The first kappa shape index (κ1) is 16.9. The van der Waals surface area contributed by atoms with E-state index in [1.807, 2.05) is 6.66 Å². The normalized spacial score (nSPS) is 10.9. The summed E-state index contributed by atoms with van der Waals surface area (Å²) < 4.78 is 7.06. The number of aromatic nitrogens is 3. The van der Waals surface area contributed by atoms with Crippen molar-refractivity contribution in [1.82, 2.24) is 20.1 Å². The van der Waals surface area contributed by atoms with E-state index < -0.39 is 5.97 Å². The molecule has 1 aromatic heterocycles. The minimum Gasteiger partial charge on any atom is -0.492 e. The Kier molecular flexibility index (Phi) is 5.65. The van der Waals surface area contributed by atoms with Gasteiger partial charge < -0.3 is 15.2 Å². The molecule has 0 saturated carbocycles. The third-order valence-electron chi connectivity index (χ3n) is 2.96.